The monoisotopic (exact) mass is 256 g/mol. The van der Waals surface area contributed by atoms with E-state index in [1.165, 1.54) is 6.92 Å². The summed E-state index contributed by atoms with van der Waals surface area (Å²) in [5.41, 5.74) is 0. The molecule has 1 rings (SSSR count). The van der Waals surface area contributed by atoms with E-state index >= 15 is 0 Å². The van der Waals surface area contributed by atoms with E-state index in [1.807, 2.05) is 0 Å². The molecule has 0 aromatic rings. The van der Waals surface area contributed by atoms with Crippen LogP contribution in [0.5, 0.6) is 0 Å². The van der Waals surface area contributed by atoms with Gasteiger partial charge < -0.3 is 15.7 Å². The number of carboxylic acid groups (broad SMARTS) is 1. The van der Waals surface area contributed by atoms with Crippen LogP contribution >= 0.6 is 0 Å². The van der Waals surface area contributed by atoms with Crippen molar-refractivity contribution in [3.8, 4) is 0 Å². The quantitative estimate of drug-likeness (QED) is 0.658. The smallest absolute Gasteiger partial charge is 0.325 e. The molecule has 6 heteroatoms. The fourth-order valence-corrected chi connectivity index (χ4v) is 1.98. The fraction of sp³-hybridized carbons (Fsp3) is 0.750. The van der Waals surface area contributed by atoms with Crippen molar-refractivity contribution < 1.29 is 19.5 Å². The van der Waals surface area contributed by atoms with Crippen LogP contribution in [-0.4, -0.2) is 35.0 Å². The standard InChI is InChI=1S/C12H20N2O4/c1-7(10(15)14-8(2)12(17)18)13-11(16)9-5-3-4-6-9/h7-9H,3-6H2,1-2H3,(H,13,16)(H,14,15)(H,17,18). The van der Waals surface area contributed by atoms with Crippen LogP contribution in [0.4, 0.5) is 0 Å². The molecule has 2 amide bonds. The molecule has 0 aromatic heterocycles. The second kappa shape index (κ2) is 6.37. The van der Waals surface area contributed by atoms with Gasteiger partial charge >= 0.3 is 5.97 Å². The molecule has 102 valence electrons. The predicted molar refractivity (Wildman–Crippen MR) is 64.8 cm³/mol. The molecule has 0 heterocycles. The fourth-order valence-electron chi connectivity index (χ4n) is 1.98. The Morgan fingerprint density at radius 3 is 2.11 bits per heavy atom. The first-order valence-electron chi connectivity index (χ1n) is 6.25. The number of carboxylic acids is 1. The maximum absolute atomic E-state index is 11.8. The molecule has 0 radical (unpaired) electrons. The minimum atomic E-state index is -1.10. The number of nitrogens with one attached hydrogen (secondary N) is 2. The molecule has 0 aliphatic heterocycles. The maximum atomic E-state index is 11.8. The van der Waals surface area contributed by atoms with Crippen molar-refractivity contribution in [3.63, 3.8) is 0 Å². The van der Waals surface area contributed by atoms with E-state index in [1.54, 1.807) is 6.92 Å². The summed E-state index contributed by atoms with van der Waals surface area (Å²) in [5, 5.41) is 13.6. The molecule has 0 spiro atoms. The molecule has 1 fully saturated rings. The van der Waals surface area contributed by atoms with Crippen molar-refractivity contribution in [3.05, 3.63) is 0 Å². The summed E-state index contributed by atoms with van der Waals surface area (Å²) in [6.07, 6.45) is 3.83. The lowest BCUT2D eigenvalue weighted by Crippen LogP contribution is -2.50. The van der Waals surface area contributed by atoms with E-state index in [-0.39, 0.29) is 11.8 Å². The Morgan fingerprint density at radius 1 is 1.06 bits per heavy atom. The van der Waals surface area contributed by atoms with Crippen molar-refractivity contribution in [2.45, 2.75) is 51.6 Å². The Balaban J connectivity index is 2.39. The zero-order chi connectivity index (χ0) is 13.7. The molecule has 6 nitrogen and oxygen atoms in total. The van der Waals surface area contributed by atoms with Crippen LogP contribution in [0, 0.1) is 5.92 Å². The SMILES string of the molecule is CC(NC(=O)C(C)NC(=O)C1CCCC1)C(=O)O. The third kappa shape index (κ3) is 4.01. The van der Waals surface area contributed by atoms with Crippen molar-refractivity contribution in [2.24, 2.45) is 5.92 Å². The first-order chi connectivity index (χ1) is 8.41. The molecule has 1 saturated carbocycles. The van der Waals surface area contributed by atoms with Gasteiger partial charge in [0.1, 0.15) is 12.1 Å². The lowest BCUT2D eigenvalue weighted by Gasteiger charge is -2.18. The molecule has 1 aliphatic carbocycles. The summed E-state index contributed by atoms with van der Waals surface area (Å²) < 4.78 is 0. The predicted octanol–water partition coefficient (Wildman–Crippen LogP) is 0.271. The second-order valence-electron chi connectivity index (χ2n) is 4.78. The van der Waals surface area contributed by atoms with Gasteiger partial charge in [-0.2, -0.15) is 0 Å². The first-order valence-corrected chi connectivity index (χ1v) is 6.25. The van der Waals surface area contributed by atoms with Gasteiger partial charge in [0.05, 0.1) is 0 Å². The van der Waals surface area contributed by atoms with Gasteiger partial charge in [-0.1, -0.05) is 12.8 Å². The maximum Gasteiger partial charge on any atom is 0.325 e. The van der Waals surface area contributed by atoms with Gasteiger partial charge in [0.15, 0.2) is 0 Å². The van der Waals surface area contributed by atoms with Crippen molar-refractivity contribution in [1.29, 1.82) is 0 Å². The number of aliphatic carboxylic acids is 1. The third-order valence-corrected chi connectivity index (χ3v) is 3.21. The molecule has 3 N–H and O–H groups in total. The van der Waals surface area contributed by atoms with E-state index in [0.29, 0.717) is 0 Å². The van der Waals surface area contributed by atoms with Gasteiger partial charge in [0.2, 0.25) is 11.8 Å². The van der Waals surface area contributed by atoms with Crippen LogP contribution in [0.3, 0.4) is 0 Å². The zero-order valence-electron chi connectivity index (χ0n) is 10.7. The molecule has 18 heavy (non-hydrogen) atoms. The van der Waals surface area contributed by atoms with Gasteiger partial charge in [-0.3, -0.25) is 14.4 Å². The Bertz CT molecular complexity index is 337. The van der Waals surface area contributed by atoms with Crippen LogP contribution in [0.25, 0.3) is 0 Å². The molecule has 0 bridgehead atoms. The summed E-state index contributed by atoms with van der Waals surface area (Å²) in [6.45, 7) is 2.93. The number of hydrogen-bond acceptors (Lipinski definition) is 3. The van der Waals surface area contributed by atoms with Crippen LogP contribution in [0.15, 0.2) is 0 Å². The normalized spacial score (nSPS) is 19.0. The topological polar surface area (TPSA) is 95.5 Å². The summed E-state index contributed by atoms with van der Waals surface area (Å²) in [6, 6.07) is -1.66. The highest BCUT2D eigenvalue weighted by molar-refractivity contribution is 5.90. The Kier molecular flexibility index (Phi) is 5.12. The van der Waals surface area contributed by atoms with Crippen molar-refractivity contribution in [2.75, 3.05) is 0 Å². The Morgan fingerprint density at radius 2 is 1.61 bits per heavy atom. The highest BCUT2D eigenvalue weighted by Crippen LogP contribution is 2.24. The summed E-state index contributed by atoms with van der Waals surface area (Å²) in [5.74, 6) is -1.69. The van der Waals surface area contributed by atoms with E-state index in [9.17, 15) is 14.4 Å². The minimum Gasteiger partial charge on any atom is -0.480 e. The van der Waals surface area contributed by atoms with Gasteiger partial charge in [-0.25, -0.2) is 0 Å². The van der Waals surface area contributed by atoms with Gasteiger partial charge in [0, 0.05) is 5.92 Å². The van der Waals surface area contributed by atoms with E-state index in [0.717, 1.165) is 25.7 Å². The average molecular weight is 256 g/mol. The highest BCUT2D eigenvalue weighted by Gasteiger charge is 2.26. The van der Waals surface area contributed by atoms with Crippen molar-refractivity contribution >= 4 is 17.8 Å². The van der Waals surface area contributed by atoms with Gasteiger partial charge in [0.25, 0.3) is 0 Å². The van der Waals surface area contributed by atoms with E-state index in [4.69, 9.17) is 5.11 Å². The lowest BCUT2D eigenvalue weighted by atomic mass is 10.1. The lowest BCUT2D eigenvalue weighted by molar-refractivity contribution is -0.141. The van der Waals surface area contributed by atoms with Gasteiger partial charge in [-0.15, -0.1) is 0 Å². The molecule has 1 aliphatic rings. The first kappa shape index (κ1) is 14.5. The number of amides is 2. The van der Waals surface area contributed by atoms with E-state index in [2.05, 4.69) is 10.6 Å². The highest BCUT2D eigenvalue weighted by atomic mass is 16.4. The Labute approximate surface area is 106 Å². The van der Waals surface area contributed by atoms with Crippen molar-refractivity contribution in [1.82, 2.24) is 10.6 Å². The molecular formula is C12H20N2O4. The largest absolute Gasteiger partial charge is 0.480 e. The summed E-state index contributed by atoms with van der Waals surface area (Å²) in [7, 11) is 0. The van der Waals surface area contributed by atoms with Crippen LogP contribution in [-0.2, 0) is 14.4 Å². The number of carbonyl (C=O) groups excluding carboxylic acids is 2. The second-order valence-corrected chi connectivity index (χ2v) is 4.78. The minimum absolute atomic E-state index is 0.00264. The molecule has 0 saturated heterocycles. The molecule has 0 aromatic carbocycles. The molecule has 2 atom stereocenters. The third-order valence-electron chi connectivity index (χ3n) is 3.21. The average Bonchev–Trinajstić information content (AvgIpc) is 2.81. The van der Waals surface area contributed by atoms with Crippen LogP contribution in [0.1, 0.15) is 39.5 Å². The zero-order valence-corrected chi connectivity index (χ0v) is 10.7. The molecule has 2 unspecified atom stereocenters. The van der Waals surface area contributed by atoms with Crippen LogP contribution < -0.4 is 10.6 Å². The summed E-state index contributed by atoms with van der Waals surface area (Å²) >= 11 is 0. The van der Waals surface area contributed by atoms with E-state index < -0.39 is 24.0 Å². The number of carbonyl (C=O) groups is 3. The number of rotatable bonds is 5. The number of hydrogen-bond donors (Lipinski definition) is 3. The van der Waals surface area contributed by atoms with Crippen LogP contribution in [0.2, 0.25) is 0 Å². The van der Waals surface area contributed by atoms with Gasteiger partial charge in [-0.05, 0) is 26.7 Å². The molecular weight excluding hydrogens is 236 g/mol. The Hall–Kier alpha value is -1.59. The summed E-state index contributed by atoms with van der Waals surface area (Å²) in [4.78, 5) is 34.0.